The number of aryl methyl sites for hydroxylation is 2. The summed E-state index contributed by atoms with van der Waals surface area (Å²) in [5.41, 5.74) is -0.742. The fraction of sp³-hybridized carbons (Fsp3) is 0.321. The number of amides is 3. The second kappa shape index (κ2) is 39.5. The molecule has 0 aliphatic carbocycles. The first-order chi connectivity index (χ1) is 43.4. The van der Waals surface area contributed by atoms with Gasteiger partial charge in [0.25, 0.3) is 5.91 Å². The highest BCUT2D eigenvalue weighted by molar-refractivity contribution is 9.11. The van der Waals surface area contributed by atoms with Crippen molar-refractivity contribution >= 4 is 231 Å². The highest BCUT2D eigenvalue weighted by Crippen LogP contribution is 2.43. The van der Waals surface area contributed by atoms with E-state index in [1.165, 1.54) is 60.7 Å². The highest BCUT2D eigenvalue weighted by Gasteiger charge is 2.41. The van der Waals surface area contributed by atoms with Crippen LogP contribution in [-0.4, -0.2) is 131 Å². The number of hydrogen-bond donors (Lipinski definition) is 6. The lowest BCUT2D eigenvalue weighted by Crippen LogP contribution is -2.47. The van der Waals surface area contributed by atoms with Crippen molar-refractivity contribution < 1.29 is 65.0 Å². The van der Waals surface area contributed by atoms with E-state index in [9.17, 15) is 55.9 Å². The lowest BCUT2D eigenvalue weighted by atomic mass is 9.73. The van der Waals surface area contributed by atoms with Crippen molar-refractivity contribution in [3.05, 3.63) is 145 Å². The summed E-state index contributed by atoms with van der Waals surface area (Å²) in [6.45, 7) is 7.89. The van der Waals surface area contributed by atoms with Crippen LogP contribution in [0.2, 0.25) is 25.1 Å². The van der Waals surface area contributed by atoms with Crippen molar-refractivity contribution in [2.45, 2.75) is 65.2 Å². The number of anilines is 3. The Morgan fingerprint density at radius 3 is 1.63 bits per heavy atom. The summed E-state index contributed by atoms with van der Waals surface area (Å²) in [5.74, 6) is -1.69. The molecule has 1 atom stereocenters. The van der Waals surface area contributed by atoms with Crippen molar-refractivity contribution in [2.24, 2.45) is 5.41 Å². The Kier molecular flexibility index (Phi) is 35.8. The minimum absolute atomic E-state index is 0.00256. The molecule has 2 aromatic heterocycles. The minimum atomic E-state index is -4.93. The number of aromatic nitrogens is 4. The number of nitro groups is 1. The number of thiocarbonyl (C=S) groups is 4. The van der Waals surface area contributed by atoms with Crippen LogP contribution in [-0.2, 0) is 28.6 Å². The summed E-state index contributed by atoms with van der Waals surface area (Å²) in [7, 11) is 13.2. The lowest BCUT2D eigenvalue weighted by Gasteiger charge is -2.40. The zero-order chi connectivity index (χ0) is 71.8. The van der Waals surface area contributed by atoms with Gasteiger partial charge in [0, 0.05) is 42.2 Å². The number of alkyl halides is 6. The number of thiazole rings is 1. The predicted octanol–water partition coefficient (Wildman–Crippen LogP) is 17.5. The number of aliphatic hydroxyl groups is 1. The summed E-state index contributed by atoms with van der Waals surface area (Å²) in [4.78, 5) is 54.5. The van der Waals surface area contributed by atoms with Crippen LogP contribution < -0.4 is 31.3 Å². The van der Waals surface area contributed by atoms with Crippen molar-refractivity contribution in [1.82, 2.24) is 40.2 Å². The molecule has 21 nitrogen and oxygen atoms in total. The third-order valence-electron chi connectivity index (χ3n) is 11.1. The number of nitrogens with zero attached hydrogens (tertiary/aromatic N) is 7. The molecule has 0 saturated heterocycles. The minimum Gasteiger partial charge on any atom is -0.453 e. The molecule has 0 fully saturated rings. The molecular formula is C53H55Br2Cl5F6N12O9S7. The third-order valence-corrected chi connectivity index (χ3v) is 19.7. The van der Waals surface area contributed by atoms with E-state index in [0.717, 1.165) is 32.2 Å². The molecule has 0 bridgehead atoms. The van der Waals surface area contributed by atoms with E-state index in [1.54, 1.807) is 35.3 Å². The number of methoxy groups -OCH3 is 2. The van der Waals surface area contributed by atoms with E-state index >= 15 is 0 Å². The van der Waals surface area contributed by atoms with E-state index < -0.39 is 63.2 Å². The Morgan fingerprint density at radius 1 is 0.777 bits per heavy atom. The van der Waals surface area contributed by atoms with Gasteiger partial charge in [-0.3, -0.25) is 30.2 Å². The standard InChI is InChI=1S/C16H22ClN3O.C13H6Br2F6N2O2S.C12H14N4O4S2.C6HCl4NO2.C6H12N2S4/c1-15(2,3)16(21,10-20-12-18-11-19-20)9-8-13-4-6-14(17)7-5-13;1-4-22-10(12(16,17)18)9(26-4)11(24)23-8-6(14)2-5(3-7(8)15)25-13(19,20)21;1-19-11(17)15-9(21)13-7-5-3-4-6-8(7)14-10(22)16-12(18)20-2;7-2-1-3(8)5(10)6(4(2)9)11(12)13;1-7(2)5(9)11-12-6(10)8(3)4/h4-7,11-12,21H,8-10H2,1-3H3;2-3H,1H3,(H,23,24);3-6H,1-2H3,(H2,13,15,17,21)(H2,14,16,18,22);1H;1-4H3. The number of carbonyl (C=O) groups is 3. The van der Waals surface area contributed by atoms with Gasteiger partial charge in [-0.05, 0) is 151 Å². The van der Waals surface area contributed by atoms with Crippen molar-refractivity contribution in [2.75, 3.05) is 58.4 Å². The summed E-state index contributed by atoms with van der Waals surface area (Å²) in [6.07, 6.45) is -6.56. The molecule has 6 rings (SSSR count). The largest absolute Gasteiger partial charge is 0.573 e. The molecule has 4 aromatic carbocycles. The number of nitro benzene ring substituents is 1. The normalized spacial score (nSPS) is 11.4. The van der Waals surface area contributed by atoms with Crippen LogP contribution in [0.15, 0.2) is 88.3 Å². The molecule has 0 aliphatic rings. The van der Waals surface area contributed by atoms with Crippen LogP contribution in [0, 0.1) is 22.5 Å². The number of rotatable bonds is 11. The third kappa shape index (κ3) is 29.8. The van der Waals surface area contributed by atoms with Gasteiger partial charge in [-0.25, -0.2) is 19.6 Å². The van der Waals surface area contributed by atoms with E-state index in [2.05, 4.69) is 87.7 Å². The molecule has 0 saturated carbocycles. The number of alkyl carbamates (subject to hydrolysis) is 2. The zero-order valence-electron chi connectivity index (χ0n) is 50.2. The number of ether oxygens (including phenoxy) is 3. The molecule has 0 radical (unpaired) electrons. The summed E-state index contributed by atoms with van der Waals surface area (Å²) >= 11 is 54.6. The lowest BCUT2D eigenvalue weighted by molar-refractivity contribution is -0.384. The maximum absolute atomic E-state index is 13.0. The van der Waals surface area contributed by atoms with Crippen LogP contribution in [0.4, 0.5) is 58.7 Å². The molecule has 0 aliphatic heterocycles. The Hall–Kier alpha value is -4.93. The molecule has 94 heavy (non-hydrogen) atoms. The second-order valence-corrected chi connectivity index (χ2v) is 28.6. The molecule has 0 spiro atoms. The van der Waals surface area contributed by atoms with E-state index in [0.29, 0.717) is 35.7 Å². The maximum Gasteiger partial charge on any atom is 0.573 e. The monoisotopic (exact) mass is 1670 g/mol. The molecular weight excluding hydrogens is 1620 g/mol. The van der Waals surface area contributed by atoms with Crippen LogP contribution in [0.25, 0.3) is 0 Å². The molecule has 6 N–H and O–H groups in total. The number of hydrogen-bond acceptors (Lipinski definition) is 19. The van der Waals surface area contributed by atoms with Gasteiger partial charge in [-0.1, -0.05) is 127 Å². The Bertz CT molecular complexity index is 3510. The van der Waals surface area contributed by atoms with Gasteiger partial charge in [0.1, 0.15) is 42.0 Å². The SMILES string of the molecule is CC(C)(C)C(O)(CCc1ccc(Cl)cc1)Cn1cncn1.CN(C)C(=S)SSC(=S)N(C)C.COC(=O)NC(=S)Nc1ccccc1NC(=S)NC(=O)OC.Cc1nc(C(F)(F)F)c(C(=O)Nc2c(Br)cc(OC(F)(F)F)cc2Br)s1.O=[N+]([O-])c1c(Cl)c(Cl)cc(Cl)c1Cl. The molecule has 3 amide bonds. The smallest absolute Gasteiger partial charge is 0.453 e. The van der Waals surface area contributed by atoms with Crippen molar-refractivity contribution in [3.8, 4) is 5.75 Å². The molecule has 514 valence electrons. The molecule has 2 heterocycles. The number of nitrogens with one attached hydrogen (secondary N) is 5. The average Bonchev–Trinajstić information content (AvgIpc) is 1.47. The van der Waals surface area contributed by atoms with E-state index in [-0.39, 0.29) is 55.4 Å². The van der Waals surface area contributed by atoms with Crippen molar-refractivity contribution in [1.29, 1.82) is 0 Å². The first-order valence-electron chi connectivity index (χ1n) is 25.5. The fourth-order valence-electron chi connectivity index (χ4n) is 6.32. The molecule has 6 aromatic rings. The first-order valence-corrected chi connectivity index (χ1v) is 33.6. The van der Waals surface area contributed by atoms with Crippen LogP contribution >= 0.6 is 172 Å². The molecule has 1 unspecified atom stereocenters. The van der Waals surface area contributed by atoms with Gasteiger partial charge in [0.05, 0.1) is 63.4 Å². The second-order valence-electron chi connectivity index (χ2n) is 19.4. The van der Waals surface area contributed by atoms with Gasteiger partial charge >= 0.3 is 30.4 Å². The number of carbonyl (C=O) groups excluding carboxylic acids is 3. The van der Waals surface area contributed by atoms with Gasteiger partial charge in [-0.2, -0.15) is 18.3 Å². The van der Waals surface area contributed by atoms with Gasteiger partial charge in [0.15, 0.2) is 15.9 Å². The quantitative estimate of drug-likeness (QED) is 0.0176. The predicted molar refractivity (Wildman–Crippen MR) is 383 cm³/mol. The molecule has 41 heteroatoms. The fourth-order valence-corrected chi connectivity index (χ4v) is 12.3. The van der Waals surface area contributed by atoms with Crippen molar-refractivity contribution in [3.63, 3.8) is 0 Å². The van der Waals surface area contributed by atoms with Crippen LogP contribution in [0.5, 0.6) is 5.75 Å². The Morgan fingerprint density at radius 2 is 1.24 bits per heavy atom. The van der Waals surface area contributed by atoms with Gasteiger partial charge in [0.2, 0.25) is 0 Å². The Balaban J connectivity index is 0.000000411. The zero-order valence-corrected chi connectivity index (χ0v) is 62.9. The highest BCUT2D eigenvalue weighted by atomic mass is 79.9. The average molecular weight is 1680 g/mol. The number of benzene rings is 4. The van der Waals surface area contributed by atoms with Gasteiger partial charge in [-0.15, -0.1) is 24.5 Å². The number of para-hydroxylation sites is 2. The van der Waals surface area contributed by atoms with Crippen LogP contribution in [0.1, 0.15) is 53.1 Å². The summed E-state index contributed by atoms with van der Waals surface area (Å²) < 4.78 is 91.5. The van der Waals surface area contributed by atoms with Gasteiger partial charge < -0.3 is 45.1 Å². The summed E-state index contributed by atoms with van der Waals surface area (Å²) in [5, 5.41) is 38.6. The Labute approximate surface area is 610 Å². The van der Waals surface area contributed by atoms with E-state index in [1.807, 2.05) is 83.0 Å². The van der Waals surface area contributed by atoms with Crippen LogP contribution in [0.3, 0.4) is 0 Å². The maximum atomic E-state index is 13.0. The number of halogens is 13. The summed E-state index contributed by atoms with van der Waals surface area (Å²) in [6, 6.07) is 17.8. The topological polar surface area (TPSA) is 252 Å². The van der Waals surface area contributed by atoms with E-state index in [4.69, 9.17) is 107 Å². The first kappa shape index (κ1) is 85.2.